The maximum atomic E-state index is 12.6. The number of hydrogen-bond acceptors (Lipinski definition) is 6. The van der Waals surface area contributed by atoms with Gasteiger partial charge in [-0.05, 0) is 36.2 Å². The minimum Gasteiger partial charge on any atom is -0.490 e. The molecule has 27 heavy (non-hydrogen) atoms. The van der Waals surface area contributed by atoms with E-state index in [9.17, 15) is 4.79 Å². The van der Waals surface area contributed by atoms with Gasteiger partial charge >= 0.3 is 0 Å². The summed E-state index contributed by atoms with van der Waals surface area (Å²) >= 11 is 0. The van der Waals surface area contributed by atoms with Gasteiger partial charge in [-0.1, -0.05) is 0 Å². The zero-order valence-corrected chi connectivity index (χ0v) is 16.4. The average molecular weight is 415 g/mol. The van der Waals surface area contributed by atoms with Crippen molar-refractivity contribution in [3.8, 4) is 5.75 Å². The van der Waals surface area contributed by atoms with E-state index in [0.29, 0.717) is 32.1 Å². The van der Waals surface area contributed by atoms with Gasteiger partial charge in [0.2, 0.25) is 0 Å². The highest BCUT2D eigenvalue weighted by molar-refractivity contribution is 5.95. The molecule has 2 aromatic rings. The van der Waals surface area contributed by atoms with Crippen molar-refractivity contribution in [3.63, 3.8) is 0 Å². The molecule has 0 saturated carbocycles. The number of ether oxygens (including phenoxy) is 2. The third-order valence-corrected chi connectivity index (χ3v) is 4.12. The van der Waals surface area contributed by atoms with E-state index in [-0.39, 0.29) is 48.4 Å². The van der Waals surface area contributed by atoms with E-state index in [4.69, 9.17) is 15.2 Å². The van der Waals surface area contributed by atoms with Crippen molar-refractivity contribution in [1.82, 2.24) is 15.3 Å². The number of nitrogens with two attached hydrogens (primary N) is 1. The van der Waals surface area contributed by atoms with E-state index in [1.807, 2.05) is 12.1 Å². The van der Waals surface area contributed by atoms with E-state index < -0.39 is 0 Å². The topological polar surface area (TPSA) is 99.4 Å². The van der Waals surface area contributed by atoms with Crippen molar-refractivity contribution in [1.29, 1.82) is 0 Å². The first-order valence-electron chi connectivity index (χ1n) is 8.33. The number of aromatic nitrogens is 2. The SMILES string of the molecule is Cl.Cl.NCCOc1cccnc1C(=O)N[C@@H]1COC[C@H]1Cc1ccncc1. The van der Waals surface area contributed by atoms with Crippen LogP contribution in [-0.2, 0) is 11.2 Å². The monoisotopic (exact) mass is 414 g/mol. The van der Waals surface area contributed by atoms with Gasteiger partial charge in [0.25, 0.3) is 5.91 Å². The number of hydrogen-bond donors (Lipinski definition) is 2. The highest BCUT2D eigenvalue weighted by atomic mass is 35.5. The number of pyridine rings is 2. The molecule has 0 bridgehead atoms. The zero-order chi connectivity index (χ0) is 17.5. The Kier molecular flexibility index (Phi) is 10.0. The predicted molar refractivity (Wildman–Crippen MR) is 107 cm³/mol. The molecular formula is C18H24Cl2N4O3. The molecule has 1 amide bonds. The van der Waals surface area contributed by atoms with Crippen LogP contribution in [0.1, 0.15) is 16.1 Å². The number of carbonyl (C=O) groups is 1. The Morgan fingerprint density at radius 2 is 2.00 bits per heavy atom. The predicted octanol–water partition coefficient (Wildman–Crippen LogP) is 1.65. The molecule has 3 rings (SSSR count). The quantitative estimate of drug-likeness (QED) is 0.714. The summed E-state index contributed by atoms with van der Waals surface area (Å²) in [4.78, 5) is 20.8. The van der Waals surface area contributed by atoms with Crippen LogP contribution in [0.2, 0.25) is 0 Å². The van der Waals surface area contributed by atoms with Crippen molar-refractivity contribution in [2.45, 2.75) is 12.5 Å². The Balaban J connectivity index is 0.00000182. The highest BCUT2D eigenvalue weighted by Gasteiger charge is 2.30. The molecule has 0 spiro atoms. The minimum absolute atomic E-state index is 0. The fourth-order valence-electron chi connectivity index (χ4n) is 2.86. The molecule has 0 aliphatic carbocycles. The number of rotatable bonds is 7. The second-order valence-corrected chi connectivity index (χ2v) is 5.92. The van der Waals surface area contributed by atoms with Crippen LogP contribution in [0.5, 0.6) is 5.75 Å². The molecule has 1 fully saturated rings. The summed E-state index contributed by atoms with van der Waals surface area (Å²) in [7, 11) is 0. The van der Waals surface area contributed by atoms with Crippen molar-refractivity contribution >= 4 is 30.7 Å². The van der Waals surface area contributed by atoms with Gasteiger partial charge in [0, 0.05) is 31.1 Å². The lowest BCUT2D eigenvalue weighted by Crippen LogP contribution is -2.41. The zero-order valence-electron chi connectivity index (χ0n) is 14.7. The Morgan fingerprint density at radius 3 is 2.74 bits per heavy atom. The Bertz CT molecular complexity index is 706. The molecule has 1 aliphatic heterocycles. The molecule has 1 saturated heterocycles. The number of nitrogens with one attached hydrogen (secondary N) is 1. The van der Waals surface area contributed by atoms with Crippen LogP contribution in [0.4, 0.5) is 0 Å². The number of carbonyl (C=O) groups excluding carboxylic acids is 1. The lowest BCUT2D eigenvalue weighted by Gasteiger charge is -2.19. The largest absolute Gasteiger partial charge is 0.490 e. The molecule has 148 valence electrons. The summed E-state index contributed by atoms with van der Waals surface area (Å²) < 4.78 is 11.1. The van der Waals surface area contributed by atoms with Crippen molar-refractivity contribution in [3.05, 3.63) is 54.1 Å². The fraction of sp³-hybridized carbons (Fsp3) is 0.389. The smallest absolute Gasteiger partial charge is 0.274 e. The Morgan fingerprint density at radius 1 is 1.22 bits per heavy atom. The molecule has 0 radical (unpaired) electrons. The summed E-state index contributed by atoms with van der Waals surface area (Å²) in [6.45, 7) is 1.82. The second-order valence-electron chi connectivity index (χ2n) is 5.92. The standard InChI is InChI=1S/C18H22N4O3.2ClH/c19-5-9-25-16-2-1-6-21-17(16)18(23)22-15-12-24-11-14(15)10-13-3-7-20-8-4-13;;/h1-4,6-8,14-15H,5,9-12,19H2,(H,22,23);2*1H/t14-,15-;;/m1../s1. The highest BCUT2D eigenvalue weighted by Crippen LogP contribution is 2.21. The molecule has 3 N–H and O–H groups in total. The van der Waals surface area contributed by atoms with Gasteiger partial charge in [0.15, 0.2) is 11.4 Å². The Labute approximate surface area is 170 Å². The number of nitrogens with zero attached hydrogens (tertiary/aromatic N) is 2. The normalized spacial score (nSPS) is 18.1. The maximum absolute atomic E-state index is 12.6. The molecule has 3 heterocycles. The first-order chi connectivity index (χ1) is 12.3. The average Bonchev–Trinajstić information content (AvgIpc) is 3.07. The van der Waals surface area contributed by atoms with E-state index >= 15 is 0 Å². The van der Waals surface area contributed by atoms with Gasteiger partial charge in [-0.15, -0.1) is 24.8 Å². The van der Waals surface area contributed by atoms with Gasteiger partial charge in [0.1, 0.15) is 6.61 Å². The third kappa shape index (κ3) is 6.32. The molecule has 2 aromatic heterocycles. The van der Waals surface area contributed by atoms with Crippen LogP contribution in [0.15, 0.2) is 42.9 Å². The van der Waals surface area contributed by atoms with Gasteiger partial charge in [-0.25, -0.2) is 4.98 Å². The molecule has 2 atom stereocenters. The van der Waals surface area contributed by atoms with Gasteiger partial charge in [0.05, 0.1) is 19.3 Å². The van der Waals surface area contributed by atoms with Crippen LogP contribution < -0.4 is 15.8 Å². The lowest BCUT2D eigenvalue weighted by molar-refractivity contribution is 0.0915. The van der Waals surface area contributed by atoms with Crippen molar-refractivity contribution < 1.29 is 14.3 Å². The first-order valence-corrected chi connectivity index (χ1v) is 8.33. The summed E-state index contributed by atoms with van der Waals surface area (Å²) in [6, 6.07) is 7.35. The molecule has 1 aliphatic rings. The van der Waals surface area contributed by atoms with Crippen molar-refractivity contribution in [2.75, 3.05) is 26.4 Å². The van der Waals surface area contributed by atoms with Gasteiger partial charge in [-0.2, -0.15) is 0 Å². The van der Waals surface area contributed by atoms with Crippen LogP contribution in [-0.4, -0.2) is 48.3 Å². The first kappa shape index (κ1) is 23.1. The lowest BCUT2D eigenvalue weighted by atomic mass is 9.95. The van der Waals surface area contributed by atoms with Gasteiger partial charge in [-0.3, -0.25) is 9.78 Å². The number of amides is 1. The summed E-state index contributed by atoms with van der Waals surface area (Å²) in [5, 5.41) is 3.03. The Hall–Kier alpha value is -1.93. The number of halogens is 2. The van der Waals surface area contributed by atoms with Crippen molar-refractivity contribution in [2.24, 2.45) is 11.7 Å². The summed E-state index contributed by atoms with van der Waals surface area (Å²) in [6.07, 6.45) is 5.94. The van der Waals surface area contributed by atoms with Gasteiger partial charge < -0.3 is 20.5 Å². The van der Waals surface area contributed by atoms with Crippen LogP contribution in [0, 0.1) is 5.92 Å². The molecular weight excluding hydrogens is 391 g/mol. The van der Waals surface area contributed by atoms with Crippen LogP contribution >= 0.6 is 24.8 Å². The van der Waals surface area contributed by atoms with E-state index in [1.165, 1.54) is 5.56 Å². The van der Waals surface area contributed by atoms with E-state index in [1.54, 1.807) is 30.7 Å². The van der Waals surface area contributed by atoms with Crippen LogP contribution in [0.3, 0.4) is 0 Å². The molecule has 0 unspecified atom stereocenters. The maximum Gasteiger partial charge on any atom is 0.274 e. The second kappa shape index (κ2) is 11.7. The third-order valence-electron chi connectivity index (χ3n) is 4.12. The summed E-state index contributed by atoms with van der Waals surface area (Å²) in [5.74, 6) is 0.390. The minimum atomic E-state index is -0.261. The van der Waals surface area contributed by atoms with E-state index in [2.05, 4.69) is 15.3 Å². The van der Waals surface area contributed by atoms with Crippen LogP contribution in [0.25, 0.3) is 0 Å². The summed E-state index contributed by atoms with van der Waals surface area (Å²) in [5.41, 5.74) is 6.90. The molecule has 0 aromatic carbocycles. The molecule has 7 nitrogen and oxygen atoms in total. The fourth-order valence-corrected chi connectivity index (χ4v) is 2.86. The van der Waals surface area contributed by atoms with E-state index in [0.717, 1.165) is 6.42 Å². The molecule has 9 heteroatoms.